The summed E-state index contributed by atoms with van der Waals surface area (Å²) in [5.41, 5.74) is 6.60. The number of aromatic nitrogens is 3. The maximum atomic E-state index is 12.7. The Kier molecular flexibility index (Phi) is 12.0. The van der Waals surface area contributed by atoms with Gasteiger partial charge < -0.3 is 24.6 Å². The van der Waals surface area contributed by atoms with Crippen molar-refractivity contribution in [1.82, 2.24) is 14.5 Å². The van der Waals surface area contributed by atoms with Crippen LogP contribution in [0.4, 0.5) is 13.2 Å². The van der Waals surface area contributed by atoms with Crippen molar-refractivity contribution in [3.8, 4) is 5.75 Å². The Labute approximate surface area is 232 Å². The Balaban J connectivity index is 0.00000141. The number of rotatable bonds is 12. The highest BCUT2D eigenvalue weighted by molar-refractivity contribution is 5.66. The Morgan fingerprint density at radius 3 is 2.42 bits per heavy atom. The second-order valence-electron chi connectivity index (χ2n) is 8.94. The lowest BCUT2D eigenvalue weighted by Gasteiger charge is -2.08. The molecule has 2 aromatic carbocycles. The predicted molar refractivity (Wildman–Crippen MR) is 148 cm³/mol. The first-order valence-electron chi connectivity index (χ1n) is 13.1. The van der Waals surface area contributed by atoms with Crippen molar-refractivity contribution in [2.45, 2.75) is 51.9 Å². The minimum absolute atomic E-state index is 0.103. The van der Waals surface area contributed by atoms with Crippen LogP contribution >= 0.6 is 0 Å². The average molecular weight is 557 g/mol. The molecule has 0 saturated carbocycles. The van der Waals surface area contributed by atoms with Crippen LogP contribution < -0.4 is 10.5 Å². The van der Waals surface area contributed by atoms with Crippen LogP contribution in [-0.2, 0) is 32.2 Å². The van der Waals surface area contributed by atoms with E-state index in [1.807, 2.05) is 37.4 Å². The molecule has 4 rings (SSSR count). The van der Waals surface area contributed by atoms with Crippen molar-refractivity contribution in [3.05, 3.63) is 101 Å². The number of imidazole rings is 1. The molecular weight excluding hydrogens is 521 g/mol. The zero-order valence-electron chi connectivity index (χ0n) is 22.5. The highest BCUT2D eigenvalue weighted by Crippen LogP contribution is 2.29. The Morgan fingerprint density at radius 2 is 1.75 bits per heavy atom. The number of aliphatic hydroxyl groups excluding tert-OH is 1. The molecule has 214 valence electrons. The summed E-state index contributed by atoms with van der Waals surface area (Å²) in [6.45, 7) is 3.87. The first-order valence-corrected chi connectivity index (χ1v) is 13.1. The molecule has 0 aliphatic heterocycles. The van der Waals surface area contributed by atoms with Gasteiger partial charge in [-0.2, -0.15) is 13.2 Å². The highest BCUT2D eigenvalue weighted by Gasteiger charge is 2.29. The van der Waals surface area contributed by atoms with E-state index in [0.29, 0.717) is 23.6 Å². The molecule has 3 N–H and O–H groups in total. The normalized spacial score (nSPS) is 11.4. The summed E-state index contributed by atoms with van der Waals surface area (Å²) in [6, 6.07) is 12.8. The lowest BCUT2D eigenvalue weighted by molar-refractivity contribution is -0.137. The summed E-state index contributed by atoms with van der Waals surface area (Å²) in [7, 11) is 0. The molecule has 40 heavy (non-hydrogen) atoms. The second-order valence-corrected chi connectivity index (χ2v) is 8.94. The van der Waals surface area contributed by atoms with Gasteiger partial charge in [-0.05, 0) is 67.3 Å². The van der Waals surface area contributed by atoms with Gasteiger partial charge in [-0.3, -0.25) is 0 Å². The van der Waals surface area contributed by atoms with Crippen LogP contribution in [0.2, 0.25) is 0 Å². The SMILES string of the molecule is CCN.OCCc1nccn1CCCCc1ccc(OCc2coc(/C=C/c3ccc(C(F)(F)F)cc3)n2)cc1. The molecule has 10 heteroatoms. The van der Waals surface area contributed by atoms with Crippen molar-refractivity contribution < 1.29 is 27.4 Å². The van der Waals surface area contributed by atoms with Crippen LogP contribution in [0.5, 0.6) is 5.75 Å². The van der Waals surface area contributed by atoms with E-state index in [2.05, 4.69) is 14.5 Å². The van der Waals surface area contributed by atoms with Gasteiger partial charge in [-0.15, -0.1) is 0 Å². The molecule has 0 aliphatic carbocycles. The van der Waals surface area contributed by atoms with E-state index in [-0.39, 0.29) is 13.2 Å². The molecule has 0 saturated heterocycles. The van der Waals surface area contributed by atoms with Crippen LogP contribution in [0, 0.1) is 0 Å². The maximum Gasteiger partial charge on any atom is 0.416 e. The van der Waals surface area contributed by atoms with Crippen molar-refractivity contribution in [2.24, 2.45) is 5.73 Å². The number of unbranched alkanes of at least 4 members (excludes halogenated alkanes) is 1. The zero-order valence-corrected chi connectivity index (χ0v) is 22.5. The highest BCUT2D eigenvalue weighted by atomic mass is 19.4. The monoisotopic (exact) mass is 556 g/mol. The van der Waals surface area contributed by atoms with E-state index >= 15 is 0 Å². The van der Waals surface area contributed by atoms with Gasteiger partial charge in [0.2, 0.25) is 5.89 Å². The summed E-state index contributed by atoms with van der Waals surface area (Å²) in [5.74, 6) is 1.98. The number of aryl methyl sites for hydroxylation is 2. The molecule has 0 spiro atoms. The third kappa shape index (κ3) is 10.0. The average Bonchev–Trinajstić information content (AvgIpc) is 3.59. The van der Waals surface area contributed by atoms with Gasteiger partial charge in [0.05, 0.1) is 12.2 Å². The maximum absolute atomic E-state index is 12.7. The Bertz CT molecular complexity index is 1300. The number of oxazole rings is 1. The van der Waals surface area contributed by atoms with Gasteiger partial charge in [0.1, 0.15) is 30.1 Å². The molecule has 7 nitrogen and oxygen atoms in total. The minimum atomic E-state index is -4.35. The zero-order chi connectivity index (χ0) is 28.8. The molecule has 0 aliphatic rings. The number of hydrogen-bond acceptors (Lipinski definition) is 6. The smallest absolute Gasteiger partial charge is 0.416 e. The Morgan fingerprint density at radius 1 is 1.02 bits per heavy atom. The van der Waals surface area contributed by atoms with E-state index in [1.54, 1.807) is 18.3 Å². The van der Waals surface area contributed by atoms with E-state index < -0.39 is 11.7 Å². The first kappa shape index (κ1) is 30.6. The number of alkyl halides is 3. The van der Waals surface area contributed by atoms with Crippen LogP contribution in [-0.4, -0.2) is 32.8 Å². The van der Waals surface area contributed by atoms with Crippen molar-refractivity contribution in [1.29, 1.82) is 0 Å². The second kappa shape index (κ2) is 15.6. The van der Waals surface area contributed by atoms with E-state index in [4.69, 9.17) is 20.0 Å². The number of benzene rings is 2. The summed E-state index contributed by atoms with van der Waals surface area (Å²) in [4.78, 5) is 8.59. The van der Waals surface area contributed by atoms with Gasteiger partial charge in [0.25, 0.3) is 0 Å². The van der Waals surface area contributed by atoms with Gasteiger partial charge in [0, 0.05) is 31.4 Å². The number of nitrogens with zero attached hydrogens (tertiary/aromatic N) is 3. The molecule has 0 bridgehead atoms. The summed E-state index contributed by atoms with van der Waals surface area (Å²) < 4.78 is 51.3. The molecule has 0 fully saturated rings. The standard InChI is InChI=1S/C28H28F3N3O3.C2H7N/c29-28(30,31)23-9-4-22(5-10-23)8-13-27-33-24(20-37-27)19-36-25-11-6-21(7-12-25)3-1-2-16-34-17-15-32-26(34)14-18-35;1-2-3/h4-13,15,17,20,35H,1-3,14,16,18-19H2;2-3H2,1H3/b13-8+;. The molecule has 4 aromatic rings. The molecular formula is C30H35F3N4O3. The number of aliphatic hydroxyl groups is 1. The quantitative estimate of drug-likeness (QED) is 0.203. The molecule has 2 heterocycles. The number of nitrogens with two attached hydrogens (primary N) is 1. The van der Waals surface area contributed by atoms with Crippen molar-refractivity contribution in [2.75, 3.05) is 13.2 Å². The molecule has 0 amide bonds. The lowest BCUT2D eigenvalue weighted by Crippen LogP contribution is -2.05. The topological polar surface area (TPSA) is 99.3 Å². The van der Waals surface area contributed by atoms with Crippen LogP contribution in [0.25, 0.3) is 12.2 Å². The summed E-state index contributed by atoms with van der Waals surface area (Å²) >= 11 is 0. The summed E-state index contributed by atoms with van der Waals surface area (Å²) in [6.07, 6.45) is 7.69. The molecule has 0 unspecified atom stereocenters. The van der Waals surface area contributed by atoms with E-state index in [9.17, 15) is 13.2 Å². The first-order chi connectivity index (χ1) is 19.3. The van der Waals surface area contributed by atoms with Crippen LogP contribution in [0.1, 0.15) is 53.9 Å². The summed E-state index contributed by atoms with van der Waals surface area (Å²) in [5, 5.41) is 9.10. The van der Waals surface area contributed by atoms with E-state index in [1.165, 1.54) is 24.0 Å². The molecule has 2 aromatic heterocycles. The number of ether oxygens (including phenoxy) is 1. The van der Waals surface area contributed by atoms with E-state index in [0.717, 1.165) is 56.1 Å². The fraction of sp³-hybridized carbons (Fsp3) is 0.333. The van der Waals surface area contributed by atoms with Crippen LogP contribution in [0.3, 0.4) is 0 Å². The van der Waals surface area contributed by atoms with Crippen LogP contribution in [0.15, 0.2) is 71.6 Å². The van der Waals surface area contributed by atoms with Crippen molar-refractivity contribution in [3.63, 3.8) is 0 Å². The fourth-order valence-electron chi connectivity index (χ4n) is 3.81. The van der Waals surface area contributed by atoms with Gasteiger partial charge in [-0.1, -0.05) is 31.2 Å². The van der Waals surface area contributed by atoms with Crippen molar-refractivity contribution >= 4 is 12.2 Å². The fourth-order valence-corrected chi connectivity index (χ4v) is 3.81. The minimum Gasteiger partial charge on any atom is -0.487 e. The number of hydrogen-bond donors (Lipinski definition) is 2. The third-order valence-electron chi connectivity index (χ3n) is 5.79. The van der Waals surface area contributed by atoms with Gasteiger partial charge in [0.15, 0.2) is 0 Å². The van der Waals surface area contributed by atoms with Gasteiger partial charge in [-0.25, -0.2) is 9.97 Å². The number of halogens is 3. The third-order valence-corrected chi connectivity index (χ3v) is 5.79. The largest absolute Gasteiger partial charge is 0.487 e. The molecule has 0 atom stereocenters. The predicted octanol–water partition coefficient (Wildman–Crippen LogP) is 6.16. The molecule has 0 radical (unpaired) electrons. The van der Waals surface area contributed by atoms with Gasteiger partial charge >= 0.3 is 6.18 Å². The Hall–Kier alpha value is -3.89. The lowest BCUT2D eigenvalue weighted by atomic mass is 10.1.